The summed E-state index contributed by atoms with van der Waals surface area (Å²) in [4.78, 5) is 13.4. The van der Waals surface area contributed by atoms with Crippen molar-refractivity contribution >= 4 is 5.78 Å². The van der Waals surface area contributed by atoms with Crippen molar-refractivity contribution in [2.75, 3.05) is 0 Å². The molecule has 3 aliphatic carbocycles. The van der Waals surface area contributed by atoms with Gasteiger partial charge < -0.3 is 0 Å². The van der Waals surface area contributed by atoms with Crippen molar-refractivity contribution in [3.05, 3.63) is 47.0 Å². The zero-order chi connectivity index (χ0) is 14.6. The third-order valence-electron chi connectivity index (χ3n) is 6.35. The molecule has 0 amide bonds. The number of aryl methyl sites for hydroxylation is 1. The lowest BCUT2D eigenvalue weighted by molar-refractivity contribution is 0.0700. The standard InChI is InChI=1S/C20H24O/c1-3-13(2)17-6-4-5-15-9-10-20(19(21)18(15)17)12-14-7-8-16(20)11-14/h4-8,13-14,16H,3,9-12H2,1-2H3. The molecule has 1 heteroatoms. The summed E-state index contributed by atoms with van der Waals surface area (Å²) < 4.78 is 0. The summed E-state index contributed by atoms with van der Waals surface area (Å²) in [5, 5.41) is 0. The number of Topliss-reactive ketones (excluding diaryl/α,β-unsaturated/α-hetero) is 1. The molecule has 0 aromatic heterocycles. The van der Waals surface area contributed by atoms with Gasteiger partial charge in [-0.2, -0.15) is 0 Å². The zero-order valence-corrected chi connectivity index (χ0v) is 13.1. The maximum atomic E-state index is 13.4. The number of carbonyl (C=O) groups excluding carboxylic acids is 1. The minimum Gasteiger partial charge on any atom is -0.294 e. The topological polar surface area (TPSA) is 17.1 Å². The van der Waals surface area contributed by atoms with E-state index in [0.717, 1.165) is 31.2 Å². The van der Waals surface area contributed by atoms with Crippen molar-refractivity contribution in [2.24, 2.45) is 17.3 Å². The largest absolute Gasteiger partial charge is 0.294 e. The van der Waals surface area contributed by atoms with E-state index in [2.05, 4.69) is 44.2 Å². The van der Waals surface area contributed by atoms with Crippen LogP contribution in [0.5, 0.6) is 0 Å². The van der Waals surface area contributed by atoms with Crippen LogP contribution in [0.2, 0.25) is 0 Å². The molecule has 1 nitrogen and oxygen atoms in total. The average molecular weight is 280 g/mol. The molecule has 0 saturated heterocycles. The van der Waals surface area contributed by atoms with Crippen LogP contribution in [0.1, 0.15) is 66.9 Å². The number of allylic oxidation sites excluding steroid dienone is 2. The van der Waals surface area contributed by atoms with Crippen LogP contribution in [0, 0.1) is 17.3 Å². The van der Waals surface area contributed by atoms with E-state index >= 15 is 0 Å². The Kier molecular flexibility index (Phi) is 2.89. The number of fused-ring (bicyclic) bond motifs is 4. The number of hydrogen-bond acceptors (Lipinski definition) is 1. The van der Waals surface area contributed by atoms with E-state index in [0.29, 0.717) is 23.5 Å². The highest BCUT2D eigenvalue weighted by molar-refractivity contribution is 6.05. The first-order valence-corrected chi connectivity index (χ1v) is 8.50. The molecule has 1 aromatic carbocycles. The molecule has 0 heterocycles. The fourth-order valence-electron chi connectivity index (χ4n) is 4.96. The molecule has 4 atom stereocenters. The Bertz CT molecular complexity index is 627. The minimum atomic E-state index is -0.0595. The monoisotopic (exact) mass is 280 g/mol. The van der Waals surface area contributed by atoms with Crippen molar-refractivity contribution in [2.45, 2.75) is 51.9 Å². The highest BCUT2D eigenvalue weighted by Gasteiger charge is 2.55. The second kappa shape index (κ2) is 4.56. The van der Waals surface area contributed by atoms with Crippen LogP contribution >= 0.6 is 0 Å². The van der Waals surface area contributed by atoms with Gasteiger partial charge in [-0.25, -0.2) is 0 Å². The van der Waals surface area contributed by atoms with E-state index in [4.69, 9.17) is 0 Å². The summed E-state index contributed by atoms with van der Waals surface area (Å²) in [6, 6.07) is 6.51. The molecule has 0 aliphatic heterocycles. The molecule has 1 spiro atoms. The SMILES string of the molecule is CCC(C)c1cccc2c1C(=O)C1(CC2)CC2C=CC1C2. The average Bonchev–Trinajstić information content (AvgIpc) is 3.11. The fraction of sp³-hybridized carbons (Fsp3) is 0.550. The molecule has 3 aliphatic rings. The van der Waals surface area contributed by atoms with Crippen molar-refractivity contribution in [3.63, 3.8) is 0 Å². The Morgan fingerprint density at radius 1 is 1.33 bits per heavy atom. The van der Waals surface area contributed by atoms with E-state index in [9.17, 15) is 4.79 Å². The van der Waals surface area contributed by atoms with Crippen LogP contribution in [-0.4, -0.2) is 5.78 Å². The molecule has 21 heavy (non-hydrogen) atoms. The summed E-state index contributed by atoms with van der Waals surface area (Å²) in [6.07, 6.45) is 10.2. The minimum absolute atomic E-state index is 0.0595. The van der Waals surface area contributed by atoms with Gasteiger partial charge in [0, 0.05) is 11.0 Å². The molecule has 1 fully saturated rings. The van der Waals surface area contributed by atoms with Crippen LogP contribution in [0.15, 0.2) is 30.4 Å². The van der Waals surface area contributed by atoms with E-state index in [1.165, 1.54) is 17.5 Å². The number of benzene rings is 1. The second-order valence-corrected chi connectivity index (χ2v) is 7.37. The molecule has 1 aromatic rings. The quantitative estimate of drug-likeness (QED) is 0.703. The van der Waals surface area contributed by atoms with E-state index in [1.54, 1.807) is 0 Å². The van der Waals surface area contributed by atoms with Gasteiger partial charge in [0.15, 0.2) is 5.78 Å². The normalized spacial score (nSPS) is 34.5. The van der Waals surface area contributed by atoms with Gasteiger partial charge >= 0.3 is 0 Å². The number of ketones is 1. The molecule has 0 radical (unpaired) electrons. The molecule has 1 saturated carbocycles. The predicted octanol–water partition coefficient (Wildman–Crippen LogP) is 4.91. The smallest absolute Gasteiger partial charge is 0.170 e. The Morgan fingerprint density at radius 2 is 2.19 bits per heavy atom. The van der Waals surface area contributed by atoms with Gasteiger partial charge in [0.05, 0.1) is 0 Å². The molecule has 4 rings (SSSR count). The molecule has 0 N–H and O–H groups in total. The van der Waals surface area contributed by atoms with Crippen molar-refractivity contribution < 1.29 is 4.79 Å². The lowest BCUT2D eigenvalue weighted by Crippen LogP contribution is -2.40. The number of rotatable bonds is 2. The lowest BCUT2D eigenvalue weighted by atomic mass is 9.62. The maximum absolute atomic E-state index is 13.4. The Labute approximate surface area is 127 Å². The maximum Gasteiger partial charge on any atom is 0.170 e. The molecular formula is C20H24O. The van der Waals surface area contributed by atoms with Crippen molar-refractivity contribution in [1.82, 2.24) is 0 Å². The highest BCUT2D eigenvalue weighted by atomic mass is 16.1. The third kappa shape index (κ3) is 1.73. The summed E-state index contributed by atoms with van der Waals surface area (Å²) in [6.45, 7) is 4.47. The van der Waals surface area contributed by atoms with Crippen LogP contribution in [0.4, 0.5) is 0 Å². The molecule has 4 unspecified atom stereocenters. The summed E-state index contributed by atoms with van der Waals surface area (Å²) in [7, 11) is 0. The van der Waals surface area contributed by atoms with E-state index in [1.807, 2.05) is 0 Å². The summed E-state index contributed by atoms with van der Waals surface area (Å²) in [5.74, 6) is 2.12. The van der Waals surface area contributed by atoms with Crippen LogP contribution in [0.25, 0.3) is 0 Å². The van der Waals surface area contributed by atoms with E-state index < -0.39 is 0 Å². The Balaban J connectivity index is 1.82. The summed E-state index contributed by atoms with van der Waals surface area (Å²) >= 11 is 0. The van der Waals surface area contributed by atoms with E-state index in [-0.39, 0.29) is 5.41 Å². The van der Waals surface area contributed by atoms with Crippen molar-refractivity contribution in [3.8, 4) is 0 Å². The van der Waals surface area contributed by atoms with Crippen molar-refractivity contribution in [1.29, 1.82) is 0 Å². The third-order valence-corrected chi connectivity index (χ3v) is 6.35. The lowest BCUT2D eigenvalue weighted by Gasteiger charge is -2.39. The van der Waals surface area contributed by atoms with Crippen LogP contribution in [-0.2, 0) is 6.42 Å². The van der Waals surface area contributed by atoms with Gasteiger partial charge in [-0.05, 0) is 61.0 Å². The van der Waals surface area contributed by atoms with Gasteiger partial charge in [0.1, 0.15) is 0 Å². The second-order valence-electron chi connectivity index (χ2n) is 7.37. The molecule has 2 bridgehead atoms. The molecule has 110 valence electrons. The molecular weight excluding hydrogens is 256 g/mol. The van der Waals surface area contributed by atoms with Gasteiger partial charge in [0.2, 0.25) is 0 Å². The highest BCUT2D eigenvalue weighted by Crippen LogP contribution is 2.58. The summed E-state index contributed by atoms with van der Waals surface area (Å²) in [5.41, 5.74) is 3.63. The predicted molar refractivity (Wildman–Crippen MR) is 85.6 cm³/mol. The van der Waals surface area contributed by atoms with Gasteiger partial charge in [0.25, 0.3) is 0 Å². The van der Waals surface area contributed by atoms with Crippen LogP contribution < -0.4 is 0 Å². The van der Waals surface area contributed by atoms with Gasteiger partial charge in [-0.15, -0.1) is 0 Å². The fourth-order valence-corrected chi connectivity index (χ4v) is 4.96. The first-order valence-electron chi connectivity index (χ1n) is 8.50. The first-order chi connectivity index (χ1) is 10.2. The van der Waals surface area contributed by atoms with Crippen LogP contribution in [0.3, 0.4) is 0 Å². The first kappa shape index (κ1) is 13.3. The number of hydrogen-bond donors (Lipinski definition) is 0. The Morgan fingerprint density at radius 3 is 2.86 bits per heavy atom. The van der Waals surface area contributed by atoms with Gasteiger partial charge in [-0.1, -0.05) is 44.2 Å². The number of carbonyl (C=O) groups is 1. The zero-order valence-electron chi connectivity index (χ0n) is 13.1. The van der Waals surface area contributed by atoms with Gasteiger partial charge in [-0.3, -0.25) is 4.79 Å². The Hall–Kier alpha value is -1.37.